The van der Waals surface area contributed by atoms with Crippen LogP contribution < -0.4 is 10.1 Å². The lowest BCUT2D eigenvalue weighted by Gasteiger charge is -2.19. The number of aromatic nitrogens is 2. The number of anilines is 1. The molecule has 1 saturated carbocycles. The Kier molecular flexibility index (Phi) is 3.82. The first-order chi connectivity index (χ1) is 8.24. The highest BCUT2D eigenvalue weighted by molar-refractivity contribution is 5.48. The van der Waals surface area contributed by atoms with Crippen molar-refractivity contribution in [2.24, 2.45) is 5.92 Å². The van der Waals surface area contributed by atoms with Crippen molar-refractivity contribution in [3.05, 3.63) is 11.9 Å². The van der Waals surface area contributed by atoms with Gasteiger partial charge in [-0.1, -0.05) is 19.8 Å². The predicted octanol–water partition coefficient (Wildman–Crippen LogP) is 2.78. The lowest BCUT2D eigenvalue weighted by molar-refractivity contribution is 0.393. The number of hydrogen-bond acceptors (Lipinski definition) is 4. The third-order valence-corrected chi connectivity index (χ3v) is 3.38. The van der Waals surface area contributed by atoms with Gasteiger partial charge in [-0.15, -0.1) is 0 Å². The highest BCUT2D eigenvalue weighted by atomic mass is 16.5. The third-order valence-electron chi connectivity index (χ3n) is 3.38. The second-order valence-electron chi connectivity index (χ2n) is 4.79. The summed E-state index contributed by atoms with van der Waals surface area (Å²) in [7, 11) is 1.64. The summed E-state index contributed by atoms with van der Waals surface area (Å²) in [5.74, 6) is 2.49. The van der Waals surface area contributed by atoms with Crippen LogP contribution in [0.3, 0.4) is 0 Å². The molecule has 94 valence electrons. The Morgan fingerprint density at radius 1 is 1.47 bits per heavy atom. The summed E-state index contributed by atoms with van der Waals surface area (Å²) in [5, 5.41) is 3.51. The molecule has 2 rings (SSSR count). The summed E-state index contributed by atoms with van der Waals surface area (Å²) in [4.78, 5) is 8.39. The number of ether oxygens (including phenoxy) is 1. The normalized spacial score (nSPS) is 16.6. The summed E-state index contributed by atoms with van der Waals surface area (Å²) < 4.78 is 5.20. The molecule has 0 radical (unpaired) electrons. The van der Waals surface area contributed by atoms with E-state index < -0.39 is 0 Å². The molecule has 1 unspecified atom stereocenters. The fraction of sp³-hybridized carbons (Fsp3) is 0.692. The molecule has 1 N–H and O–H groups in total. The molecule has 1 aliphatic carbocycles. The SMILES string of the molecule is CCC(CC1CC1)Nc1ncnc(OC)c1C. The zero-order valence-corrected chi connectivity index (χ0v) is 10.9. The van der Waals surface area contributed by atoms with Gasteiger partial charge < -0.3 is 10.1 Å². The zero-order valence-electron chi connectivity index (χ0n) is 10.9. The minimum absolute atomic E-state index is 0.515. The molecule has 0 spiro atoms. The van der Waals surface area contributed by atoms with Crippen LogP contribution in [0.4, 0.5) is 5.82 Å². The summed E-state index contributed by atoms with van der Waals surface area (Å²) in [6.07, 6.45) is 6.72. The molecule has 1 aliphatic rings. The monoisotopic (exact) mass is 235 g/mol. The molecule has 1 fully saturated rings. The number of hydrogen-bond donors (Lipinski definition) is 1. The molecule has 1 aromatic rings. The molecule has 4 nitrogen and oxygen atoms in total. The van der Waals surface area contributed by atoms with Gasteiger partial charge >= 0.3 is 0 Å². The highest BCUT2D eigenvalue weighted by Gasteiger charge is 2.25. The Morgan fingerprint density at radius 3 is 2.82 bits per heavy atom. The van der Waals surface area contributed by atoms with Gasteiger partial charge in [0.2, 0.25) is 5.88 Å². The predicted molar refractivity (Wildman–Crippen MR) is 68.4 cm³/mol. The van der Waals surface area contributed by atoms with E-state index in [2.05, 4.69) is 22.2 Å². The molecule has 1 aromatic heterocycles. The molecule has 0 aliphatic heterocycles. The van der Waals surface area contributed by atoms with Gasteiger partial charge in [0.25, 0.3) is 0 Å². The molecule has 0 bridgehead atoms. The maximum Gasteiger partial charge on any atom is 0.221 e. The van der Waals surface area contributed by atoms with Gasteiger partial charge in [0.05, 0.1) is 12.7 Å². The van der Waals surface area contributed by atoms with Crippen LogP contribution in [0.1, 0.15) is 38.2 Å². The standard InChI is InChI=1S/C13H21N3O/c1-4-11(7-10-5-6-10)16-12-9(2)13(17-3)15-8-14-12/h8,10-11H,4-7H2,1-3H3,(H,14,15,16). The van der Waals surface area contributed by atoms with Crippen LogP contribution in [0.5, 0.6) is 5.88 Å². The van der Waals surface area contributed by atoms with E-state index in [4.69, 9.17) is 4.74 Å². The van der Waals surface area contributed by atoms with E-state index in [0.29, 0.717) is 11.9 Å². The Labute approximate surface area is 103 Å². The van der Waals surface area contributed by atoms with Crippen molar-refractivity contribution in [3.8, 4) is 5.88 Å². The van der Waals surface area contributed by atoms with E-state index >= 15 is 0 Å². The van der Waals surface area contributed by atoms with E-state index in [1.807, 2.05) is 6.92 Å². The van der Waals surface area contributed by atoms with Crippen molar-refractivity contribution >= 4 is 5.82 Å². The fourth-order valence-electron chi connectivity index (χ4n) is 2.06. The highest BCUT2D eigenvalue weighted by Crippen LogP contribution is 2.35. The second kappa shape index (κ2) is 5.34. The van der Waals surface area contributed by atoms with Crippen LogP contribution >= 0.6 is 0 Å². The van der Waals surface area contributed by atoms with Crippen molar-refractivity contribution in [2.75, 3.05) is 12.4 Å². The average Bonchev–Trinajstić information content (AvgIpc) is 3.14. The molecule has 1 atom stereocenters. The van der Waals surface area contributed by atoms with Gasteiger partial charge in [-0.05, 0) is 25.7 Å². The van der Waals surface area contributed by atoms with Gasteiger partial charge in [-0.2, -0.15) is 0 Å². The Morgan fingerprint density at radius 2 is 2.24 bits per heavy atom. The van der Waals surface area contributed by atoms with Gasteiger partial charge in [0, 0.05) is 6.04 Å². The lowest BCUT2D eigenvalue weighted by Crippen LogP contribution is -2.20. The van der Waals surface area contributed by atoms with E-state index in [9.17, 15) is 0 Å². The van der Waals surface area contributed by atoms with E-state index in [1.165, 1.54) is 19.3 Å². The molecule has 0 amide bonds. The largest absolute Gasteiger partial charge is 0.481 e. The summed E-state index contributed by atoms with van der Waals surface area (Å²) in [5.41, 5.74) is 0.990. The Hall–Kier alpha value is -1.32. The van der Waals surface area contributed by atoms with E-state index in [-0.39, 0.29) is 0 Å². The van der Waals surface area contributed by atoms with Gasteiger partial charge in [-0.3, -0.25) is 0 Å². The van der Waals surface area contributed by atoms with Crippen LogP contribution in [0.15, 0.2) is 6.33 Å². The fourth-order valence-corrected chi connectivity index (χ4v) is 2.06. The first kappa shape index (κ1) is 12.1. The van der Waals surface area contributed by atoms with Crippen molar-refractivity contribution in [1.29, 1.82) is 0 Å². The van der Waals surface area contributed by atoms with Gasteiger partial charge in [0.1, 0.15) is 12.1 Å². The molecular weight excluding hydrogens is 214 g/mol. The number of nitrogens with zero attached hydrogens (tertiary/aromatic N) is 2. The Bertz CT molecular complexity index is 377. The Balaban J connectivity index is 2.04. The minimum atomic E-state index is 0.515. The molecule has 4 heteroatoms. The third kappa shape index (κ3) is 3.08. The van der Waals surface area contributed by atoms with E-state index in [0.717, 1.165) is 23.7 Å². The molecular formula is C13H21N3O. The minimum Gasteiger partial charge on any atom is -0.481 e. The van der Waals surface area contributed by atoms with Crippen molar-refractivity contribution in [1.82, 2.24) is 9.97 Å². The molecule has 17 heavy (non-hydrogen) atoms. The maximum atomic E-state index is 5.20. The molecule has 1 heterocycles. The van der Waals surface area contributed by atoms with Crippen LogP contribution in [0.25, 0.3) is 0 Å². The summed E-state index contributed by atoms with van der Waals surface area (Å²) in [6, 6.07) is 0.515. The second-order valence-corrected chi connectivity index (χ2v) is 4.79. The smallest absolute Gasteiger partial charge is 0.221 e. The van der Waals surface area contributed by atoms with Crippen LogP contribution in [-0.2, 0) is 0 Å². The van der Waals surface area contributed by atoms with Crippen LogP contribution in [0.2, 0.25) is 0 Å². The molecule has 0 aromatic carbocycles. The topological polar surface area (TPSA) is 47.0 Å². The van der Waals surface area contributed by atoms with Gasteiger partial charge in [0.15, 0.2) is 0 Å². The van der Waals surface area contributed by atoms with Crippen molar-refractivity contribution in [3.63, 3.8) is 0 Å². The number of methoxy groups -OCH3 is 1. The molecule has 0 saturated heterocycles. The van der Waals surface area contributed by atoms with Crippen molar-refractivity contribution < 1.29 is 4.74 Å². The van der Waals surface area contributed by atoms with Crippen LogP contribution in [-0.4, -0.2) is 23.1 Å². The van der Waals surface area contributed by atoms with Gasteiger partial charge in [-0.25, -0.2) is 9.97 Å². The number of rotatable bonds is 6. The quantitative estimate of drug-likeness (QED) is 0.823. The first-order valence-corrected chi connectivity index (χ1v) is 6.36. The summed E-state index contributed by atoms with van der Waals surface area (Å²) in [6.45, 7) is 4.21. The van der Waals surface area contributed by atoms with Crippen molar-refractivity contribution in [2.45, 2.75) is 45.6 Å². The average molecular weight is 235 g/mol. The summed E-state index contributed by atoms with van der Waals surface area (Å²) >= 11 is 0. The van der Waals surface area contributed by atoms with Crippen LogP contribution in [0, 0.1) is 12.8 Å². The van der Waals surface area contributed by atoms with E-state index in [1.54, 1.807) is 13.4 Å². The zero-order chi connectivity index (χ0) is 12.3. The maximum absolute atomic E-state index is 5.20. The number of nitrogens with one attached hydrogen (secondary N) is 1. The lowest BCUT2D eigenvalue weighted by atomic mass is 10.1. The first-order valence-electron chi connectivity index (χ1n) is 6.36.